The van der Waals surface area contributed by atoms with Crippen molar-refractivity contribution in [3.05, 3.63) is 48.4 Å². The van der Waals surface area contributed by atoms with E-state index in [1.807, 2.05) is 18.2 Å². The van der Waals surface area contributed by atoms with Gasteiger partial charge < -0.3 is 14.2 Å². The zero-order valence-electron chi connectivity index (χ0n) is 15.1. The lowest BCUT2D eigenvalue weighted by atomic mass is 10.0. The molecule has 1 saturated heterocycles. The van der Waals surface area contributed by atoms with Gasteiger partial charge in [0, 0.05) is 32.8 Å². The Labute approximate surface area is 165 Å². The lowest BCUT2D eigenvalue weighted by Crippen LogP contribution is -2.39. The van der Waals surface area contributed by atoms with Gasteiger partial charge in [0.15, 0.2) is 5.82 Å². The van der Waals surface area contributed by atoms with Gasteiger partial charge in [-0.1, -0.05) is 13.5 Å². The van der Waals surface area contributed by atoms with Gasteiger partial charge in [0.25, 0.3) is 0 Å². The van der Waals surface area contributed by atoms with E-state index in [0.717, 1.165) is 29.9 Å². The fraction of sp³-hybridized carbons (Fsp3) is 0.381. The highest BCUT2D eigenvalue weighted by molar-refractivity contribution is 5.80. The van der Waals surface area contributed by atoms with Crippen molar-refractivity contribution >= 4 is 17.1 Å². The number of piperidine rings is 1. The minimum atomic E-state index is -0.308. The summed E-state index contributed by atoms with van der Waals surface area (Å²) in [6.07, 6.45) is 3.02. The number of hydrogen-bond donors (Lipinski definition) is 0. The second kappa shape index (κ2) is 8.37. The summed E-state index contributed by atoms with van der Waals surface area (Å²) in [4.78, 5) is 22.8. The molecule has 1 aromatic carbocycles. The van der Waals surface area contributed by atoms with Crippen molar-refractivity contribution in [1.29, 1.82) is 0 Å². The molecule has 3 aromatic rings. The quantitative estimate of drug-likeness (QED) is 0.640. The molecule has 150 valence electrons. The van der Waals surface area contributed by atoms with Gasteiger partial charge >= 0.3 is 6.09 Å². The van der Waals surface area contributed by atoms with E-state index < -0.39 is 0 Å². The minimum absolute atomic E-state index is 0. The summed E-state index contributed by atoms with van der Waals surface area (Å²) in [5.41, 5.74) is 2.25. The second-order valence-corrected chi connectivity index (χ2v) is 6.57. The van der Waals surface area contributed by atoms with Crippen LogP contribution in [0.2, 0.25) is 0 Å². The number of ether oxygens (including phenoxy) is 1. The van der Waals surface area contributed by atoms with Crippen molar-refractivity contribution < 1.29 is 15.3 Å². The zero-order chi connectivity index (χ0) is 18.8. The van der Waals surface area contributed by atoms with Crippen molar-refractivity contribution in [3.63, 3.8) is 0 Å². The van der Waals surface area contributed by atoms with Crippen molar-refractivity contribution in [1.82, 2.24) is 19.4 Å². The molecule has 28 heavy (non-hydrogen) atoms. The van der Waals surface area contributed by atoms with Gasteiger partial charge in [-0.3, -0.25) is 4.98 Å². The normalized spacial score (nSPS) is 14.7. The predicted octanol–water partition coefficient (Wildman–Crippen LogP) is 4.91. The molecule has 1 aliphatic heterocycles. The van der Waals surface area contributed by atoms with E-state index in [9.17, 15) is 9.18 Å². The van der Waals surface area contributed by atoms with Crippen LogP contribution in [-0.4, -0.2) is 45.2 Å². The Hall–Kier alpha value is -2.96. The van der Waals surface area contributed by atoms with E-state index >= 15 is 0 Å². The Kier molecular flexibility index (Phi) is 5.92. The monoisotopic (exact) mass is 387 g/mol. The Morgan fingerprint density at radius 3 is 2.75 bits per heavy atom. The number of hydrogen-bond acceptors (Lipinski definition) is 4. The lowest BCUT2D eigenvalue weighted by Gasteiger charge is -2.32. The molecule has 0 bridgehead atoms. The number of pyridine rings is 1. The largest absolute Gasteiger partial charge is 0.450 e. The third-order valence-electron chi connectivity index (χ3n) is 4.90. The number of imidazole rings is 1. The predicted molar refractivity (Wildman–Crippen MR) is 109 cm³/mol. The van der Waals surface area contributed by atoms with Crippen molar-refractivity contribution in [2.75, 3.05) is 19.7 Å². The number of carbonyl (C=O) groups excluding carboxylic acids is 1. The van der Waals surface area contributed by atoms with Gasteiger partial charge in [0.2, 0.25) is 0 Å². The SMILES string of the molecule is C.CCOC(=O)N1CCC(n2c(-c3ccccn3)nc3cc(F)ccc32)CC1.[2HH]. The zero-order valence-corrected chi connectivity index (χ0v) is 15.1. The van der Waals surface area contributed by atoms with Crippen molar-refractivity contribution in [2.45, 2.75) is 33.2 Å². The molecule has 1 fully saturated rings. The van der Waals surface area contributed by atoms with Crippen LogP contribution in [0.3, 0.4) is 0 Å². The van der Waals surface area contributed by atoms with Crippen LogP contribution in [0.25, 0.3) is 22.6 Å². The number of halogens is 1. The van der Waals surface area contributed by atoms with Crippen LogP contribution in [0.1, 0.15) is 34.7 Å². The summed E-state index contributed by atoms with van der Waals surface area (Å²) in [7, 11) is 0. The van der Waals surface area contributed by atoms with Crippen LogP contribution in [0, 0.1) is 5.82 Å². The van der Waals surface area contributed by atoms with E-state index in [1.165, 1.54) is 12.1 Å². The molecule has 1 amide bonds. The van der Waals surface area contributed by atoms with E-state index in [1.54, 1.807) is 24.1 Å². The van der Waals surface area contributed by atoms with E-state index in [0.29, 0.717) is 25.2 Å². The Balaban J connectivity index is 0.00000150. The molecule has 0 atom stereocenters. The van der Waals surface area contributed by atoms with Crippen molar-refractivity contribution in [2.24, 2.45) is 0 Å². The molecule has 7 heteroatoms. The molecule has 0 aliphatic carbocycles. The Morgan fingerprint density at radius 1 is 1.29 bits per heavy atom. The van der Waals surface area contributed by atoms with Crippen molar-refractivity contribution in [3.8, 4) is 11.5 Å². The van der Waals surface area contributed by atoms with E-state index in [4.69, 9.17) is 4.74 Å². The first-order chi connectivity index (χ1) is 13.2. The summed E-state index contributed by atoms with van der Waals surface area (Å²) < 4.78 is 21.0. The number of aromatic nitrogens is 3. The summed E-state index contributed by atoms with van der Waals surface area (Å²) >= 11 is 0. The topological polar surface area (TPSA) is 60.2 Å². The molecule has 0 spiro atoms. The second-order valence-electron chi connectivity index (χ2n) is 6.57. The summed E-state index contributed by atoms with van der Waals surface area (Å²) in [5, 5.41) is 0. The molecule has 4 rings (SSSR count). The maximum absolute atomic E-state index is 13.7. The third-order valence-corrected chi connectivity index (χ3v) is 4.90. The van der Waals surface area contributed by atoms with Gasteiger partial charge in [-0.15, -0.1) is 0 Å². The maximum atomic E-state index is 13.7. The lowest BCUT2D eigenvalue weighted by molar-refractivity contribution is 0.0931. The fourth-order valence-corrected chi connectivity index (χ4v) is 3.64. The van der Waals surface area contributed by atoms with Crippen LogP contribution in [0.5, 0.6) is 0 Å². The molecule has 6 nitrogen and oxygen atoms in total. The summed E-state index contributed by atoms with van der Waals surface area (Å²) in [6, 6.07) is 10.5. The average Bonchev–Trinajstić information content (AvgIpc) is 3.07. The van der Waals surface area contributed by atoms with Crippen LogP contribution in [-0.2, 0) is 4.74 Å². The summed E-state index contributed by atoms with van der Waals surface area (Å²) in [6.45, 7) is 3.42. The molecule has 0 unspecified atom stereocenters. The van der Waals surface area contributed by atoms with Gasteiger partial charge in [-0.2, -0.15) is 0 Å². The molecular formula is C21H27FN4O2. The van der Waals surface area contributed by atoms with Gasteiger partial charge in [-0.05, 0) is 44.0 Å². The van der Waals surface area contributed by atoms with Gasteiger partial charge in [0.1, 0.15) is 11.5 Å². The smallest absolute Gasteiger partial charge is 0.409 e. The minimum Gasteiger partial charge on any atom is -0.450 e. The number of likely N-dealkylation sites (tertiary alicyclic amines) is 1. The maximum Gasteiger partial charge on any atom is 0.409 e. The molecule has 0 radical (unpaired) electrons. The highest BCUT2D eigenvalue weighted by Crippen LogP contribution is 2.33. The molecular weight excluding hydrogens is 359 g/mol. The standard InChI is InChI=1S/C20H21FN4O2.CH4.H2/c1-2-27-20(26)24-11-8-15(9-12-24)25-18-7-6-14(21)13-17(18)23-19(25)16-5-3-4-10-22-16;;/h3-7,10,13,15H,2,8-9,11-12H2,1H3;1H4;1H/i;;1+1. The molecule has 0 N–H and O–H groups in total. The summed E-state index contributed by atoms with van der Waals surface area (Å²) in [5.74, 6) is 0.419. The molecule has 2 aromatic heterocycles. The van der Waals surface area contributed by atoms with Crippen LogP contribution in [0.15, 0.2) is 42.6 Å². The van der Waals surface area contributed by atoms with E-state index in [-0.39, 0.29) is 26.8 Å². The van der Waals surface area contributed by atoms with Gasteiger partial charge in [-0.25, -0.2) is 14.2 Å². The molecule has 3 heterocycles. The number of carbonyl (C=O) groups is 1. The van der Waals surface area contributed by atoms with E-state index in [2.05, 4.69) is 14.5 Å². The fourth-order valence-electron chi connectivity index (χ4n) is 3.64. The molecule has 1 aliphatic rings. The van der Waals surface area contributed by atoms with Gasteiger partial charge in [0.05, 0.1) is 17.6 Å². The number of nitrogens with zero attached hydrogens (tertiary/aromatic N) is 4. The third kappa shape index (κ3) is 3.69. The first-order valence-electron chi connectivity index (χ1n) is 9.18. The number of benzene rings is 1. The Bertz CT molecular complexity index is 956. The van der Waals surface area contributed by atoms with Crippen LogP contribution >= 0.6 is 0 Å². The first kappa shape index (κ1) is 19.8. The molecule has 0 saturated carbocycles. The Morgan fingerprint density at radius 2 is 2.07 bits per heavy atom. The van der Waals surface area contributed by atoms with Crippen LogP contribution in [0.4, 0.5) is 9.18 Å². The number of fused-ring (bicyclic) bond motifs is 1. The highest BCUT2D eigenvalue weighted by atomic mass is 19.1. The average molecular weight is 387 g/mol. The highest BCUT2D eigenvalue weighted by Gasteiger charge is 2.28. The first-order valence-corrected chi connectivity index (χ1v) is 9.18. The number of rotatable bonds is 3. The van der Waals surface area contributed by atoms with Crippen LogP contribution < -0.4 is 0 Å². The number of amides is 1.